The number of piperidine rings is 1. The van der Waals surface area contributed by atoms with Gasteiger partial charge in [-0.2, -0.15) is 0 Å². The Bertz CT molecular complexity index is 1140. The molecule has 0 aliphatic carbocycles. The highest BCUT2D eigenvalue weighted by molar-refractivity contribution is 7.90. The van der Waals surface area contributed by atoms with Gasteiger partial charge in [-0.1, -0.05) is 54.4 Å². The predicted molar refractivity (Wildman–Crippen MR) is 134 cm³/mol. The molecule has 4 atom stereocenters. The molecule has 0 saturated carbocycles. The normalized spacial score (nSPS) is 21.9. The van der Waals surface area contributed by atoms with E-state index in [1.807, 2.05) is 37.3 Å². The third kappa shape index (κ3) is 6.52. The number of amides is 1. The van der Waals surface area contributed by atoms with Gasteiger partial charge in [-0.15, -0.1) is 0 Å². The molecule has 0 spiro atoms. The number of aliphatic carboxylic acids is 1. The Morgan fingerprint density at radius 1 is 1.12 bits per heavy atom. The molecule has 2 aromatic carbocycles. The number of hydrogen-bond acceptors (Lipinski definition) is 4. The molecule has 1 fully saturated rings. The number of carbonyl (C=O) groups excluding carboxylic acids is 1. The van der Waals surface area contributed by atoms with Crippen molar-refractivity contribution in [3.63, 3.8) is 0 Å². The van der Waals surface area contributed by atoms with Gasteiger partial charge in [-0.05, 0) is 54.7 Å². The van der Waals surface area contributed by atoms with E-state index in [1.165, 1.54) is 6.26 Å². The average Bonchev–Trinajstić information content (AvgIpc) is 2.76. The van der Waals surface area contributed by atoms with Crippen molar-refractivity contribution < 1.29 is 23.1 Å². The largest absolute Gasteiger partial charge is 0.481 e. The Morgan fingerprint density at radius 2 is 1.79 bits per heavy atom. The molecule has 9 heteroatoms. The Hall–Kier alpha value is -2.09. The molecule has 1 saturated heterocycles. The molecule has 1 amide bonds. The first-order valence-electron chi connectivity index (χ1n) is 11.2. The lowest BCUT2D eigenvalue weighted by Crippen LogP contribution is -2.52. The van der Waals surface area contributed by atoms with Gasteiger partial charge in [0, 0.05) is 34.2 Å². The fraction of sp³-hybridized carbons (Fsp3) is 0.440. The Morgan fingerprint density at radius 3 is 2.35 bits per heavy atom. The van der Waals surface area contributed by atoms with Crippen molar-refractivity contribution in [1.29, 1.82) is 0 Å². The number of rotatable bonds is 9. The predicted octanol–water partition coefficient (Wildman–Crippen LogP) is 5.35. The summed E-state index contributed by atoms with van der Waals surface area (Å²) in [6, 6.07) is 13.8. The van der Waals surface area contributed by atoms with Gasteiger partial charge in [-0.3, -0.25) is 9.59 Å². The van der Waals surface area contributed by atoms with Crippen molar-refractivity contribution in [3.05, 3.63) is 69.7 Å². The van der Waals surface area contributed by atoms with E-state index in [4.69, 9.17) is 23.2 Å². The molecule has 1 unspecified atom stereocenters. The van der Waals surface area contributed by atoms with E-state index >= 15 is 0 Å². The molecule has 1 N–H and O–H groups in total. The maximum absolute atomic E-state index is 13.7. The average molecular weight is 526 g/mol. The summed E-state index contributed by atoms with van der Waals surface area (Å²) in [6.45, 7) is 1.91. The molecule has 6 nitrogen and oxygen atoms in total. The smallest absolute Gasteiger partial charge is 0.304 e. The molecular weight excluding hydrogens is 497 g/mol. The number of benzene rings is 2. The second-order valence-electron chi connectivity index (χ2n) is 8.91. The van der Waals surface area contributed by atoms with Crippen LogP contribution in [0.2, 0.25) is 10.0 Å². The van der Waals surface area contributed by atoms with Gasteiger partial charge >= 0.3 is 5.97 Å². The van der Waals surface area contributed by atoms with Crippen molar-refractivity contribution in [2.45, 2.75) is 50.6 Å². The van der Waals surface area contributed by atoms with Gasteiger partial charge in [0.25, 0.3) is 0 Å². The summed E-state index contributed by atoms with van der Waals surface area (Å²) in [7, 11) is -3.24. The highest BCUT2D eigenvalue weighted by atomic mass is 35.5. The van der Waals surface area contributed by atoms with Crippen LogP contribution in [0, 0.1) is 5.92 Å². The first kappa shape index (κ1) is 26.5. The highest BCUT2D eigenvalue weighted by Gasteiger charge is 2.46. The lowest BCUT2D eigenvalue weighted by atomic mass is 9.74. The van der Waals surface area contributed by atoms with E-state index in [0.29, 0.717) is 22.9 Å². The monoisotopic (exact) mass is 525 g/mol. The summed E-state index contributed by atoms with van der Waals surface area (Å²) in [5, 5.41) is 10.6. The first-order chi connectivity index (χ1) is 16.0. The van der Waals surface area contributed by atoms with Crippen molar-refractivity contribution in [2.24, 2.45) is 5.92 Å². The third-order valence-electron chi connectivity index (χ3n) is 6.42. The van der Waals surface area contributed by atoms with Crippen LogP contribution in [0.3, 0.4) is 0 Å². The summed E-state index contributed by atoms with van der Waals surface area (Å²) in [5.74, 6) is -2.32. The molecule has 1 aliphatic heterocycles. The lowest BCUT2D eigenvalue weighted by molar-refractivity contribution is -0.152. The minimum absolute atomic E-state index is 0.0615. The van der Waals surface area contributed by atoms with E-state index < -0.39 is 27.8 Å². The number of carbonyl (C=O) groups is 2. The summed E-state index contributed by atoms with van der Waals surface area (Å²) in [4.78, 5) is 27.1. The summed E-state index contributed by atoms with van der Waals surface area (Å²) < 4.78 is 23.9. The minimum atomic E-state index is -3.24. The Balaban J connectivity index is 2.16. The van der Waals surface area contributed by atoms with Crippen LogP contribution in [-0.4, -0.2) is 48.4 Å². The molecular formula is C25H29Cl2NO5S. The number of halogens is 2. The van der Waals surface area contributed by atoms with Crippen LogP contribution in [-0.2, 0) is 19.4 Å². The fourth-order valence-electron chi connectivity index (χ4n) is 4.86. The highest BCUT2D eigenvalue weighted by Crippen LogP contribution is 2.48. The van der Waals surface area contributed by atoms with E-state index in [9.17, 15) is 23.1 Å². The molecule has 0 radical (unpaired) electrons. The zero-order valence-electron chi connectivity index (χ0n) is 19.2. The zero-order valence-corrected chi connectivity index (χ0v) is 21.5. The second-order valence-corrected chi connectivity index (χ2v) is 12.0. The van der Waals surface area contributed by atoms with E-state index in [-0.39, 0.29) is 36.5 Å². The molecule has 0 bridgehead atoms. The topological polar surface area (TPSA) is 91.8 Å². The Labute approximate surface area is 210 Å². The van der Waals surface area contributed by atoms with Crippen LogP contribution in [0.5, 0.6) is 0 Å². The molecule has 3 rings (SSSR count). The molecule has 2 aromatic rings. The molecule has 34 heavy (non-hydrogen) atoms. The van der Waals surface area contributed by atoms with Crippen molar-refractivity contribution in [1.82, 2.24) is 4.90 Å². The number of hydrogen-bond donors (Lipinski definition) is 1. The molecule has 184 valence electrons. The van der Waals surface area contributed by atoms with Crippen LogP contribution in [0.15, 0.2) is 48.5 Å². The van der Waals surface area contributed by atoms with Gasteiger partial charge < -0.3 is 10.0 Å². The Kier molecular flexibility index (Phi) is 8.66. The van der Waals surface area contributed by atoms with E-state index in [0.717, 1.165) is 11.1 Å². The molecule has 1 aliphatic rings. The van der Waals surface area contributed by atoms with Crippen LogP contribution in [0.1, 0.15) is 55.7 Å². The number of sulfone groups is 1. The van der Waals surface area contributed by atoms with Crippen molar-refractivity contribution in [2.75, 3.05) is 12.0 Å². The quantitative estimate of drug-likeness (QED) is 0.475. The summed E-state index contributed by atoms with van der Waals surface area (Å²) >= 11 is 12.4. The van der Waals surface area contributed by atoms with Crippen molar-refractivity contribution >= 4 is 44.9 Å². The van der Waals surface area contributed by atoms with Gasteiger partial charge in [0.05, 0.1) is 18.2 Å². The zero-order chi connectivity index (χ0) is 25.0. The van der Waals surface area contributed by atoms with Crippen LogP contribution in [0.25, 0.3) is 0 Å². The lowest BCUT2D eigenvalue weighted by Gasteiger charge is -2.48. The van der Waals surface area contributed by atoms with Gasteiger partial charge in [-0.25, -0.2) is 8.42 Å². The molecule has 0 aromatic heterocycles. The molecule has 1 heterocycles. The van der Waals surface area contributed by atoms with E-state index in [2.05, 4.69) is 0 Å². The third-order valence-corrected chi connectivity index (χ3v) is 7.88. The van der Waals surface area contributed by atoms with E-state index in [1.54, 1.807) is 23.1 Å². The van der Waals surface area contributed by atoms with Crippen LogP contribution >= 0.6 is 23.2 Å². The van der Waals surface area contributed by atoms with Crippen molar-refractivity contribution in [3.8, 4) is 0 Å². The SMILES string of the molecule is CC[C@@H](CCS(C)(=O)=O)N1C(=O)C(CC(=O)O)C[C@H](c2cccc(Cl)c2)[C@H]1c1ccc(Cl)cc1. The standard InChI is InChI=1S/C25H29Cl2NO5S/c1-3-21(11-12-34(2,32)33)28-24(16-7-9-19(26)10-8-16)22(17-5-4-6-20(27)13-17)14-18(25(28)31)15-23(29)30/h4-10,13,18,21-22,24H,3,11-12,14-15H2,1-2H3,(H,29,30)/t18?,21-,22+,24+/m0/s1. The van der Waals surface area contributed by atoms with Gasteiger partial charge in [0.1, 0.15) is 9.84 Å². The number of nitrogens with zero attached hydrogens (tertiary/aromatic N) is 1. The first-order valence-corrected chi connectivity index (χ1v) is 14.0. The van der Waals surface area contributed by atoms with Crippen LogP contribution < -0.4 is 0 Å². The second kappa shape index (κ2) is 11.1. The minimum Gasteiger partial charge on any atom is -0.481 e. The van der Waals surface area contributed by atoms with Gasteiger partial charge in [0.15, 0.2) is 0 Å². The number of carboxylic acid groups (broad SMARTS) is 1. The number of carboxylic acids is 1. The summed E-state index contributed by atoms with van der Waals surface area (Å²) in [5.41, 5.74) is 1.76. The van der Waals surface area contributed by atoms with Gasteiger partial charge in [0.2, 0.25) is 5.91 Å². The number of likely N-dealkylation sites (tertiary alicyclic amines) is 1. The summed E-state index contributed by atoms with van der Waals surface area (Å²) in [6.07, 6.45) is 2.04. The van der Waals surface area contributed by atoms with Crippen LogP contribution in [0.4, 0.5) is 0 Å². The maximum Gasteiger partial charge on any atom is 0.304 e. The fourth-order valence-corrected chi connectivity index (χ4v) is 5.89. The maximum atomic E-state index is 13.7.